The van der Waals surface area contributed by atoms with Gasteiger partial charge in [-0.15, -0.1) is 10.2 Å². The molecule has 1 aromatic rings. The molecule has 7 nitrogen and oxygen atoms in total. The van der Waals surface area contributed by atoms with Crippen molar-refractivity contribution in [2.45, 2.75) is 45.9 Å². The first-order valence-corrected chi connectivity index (χ1v) is 5.76. The molecule has 2 heterocycles. The predicted octanol–water partition coefficient (Wildman–Crippen LogP) is 1.12. The molecule has 0 spiro atoms. The zero-order valence-corrected chi connectivity index (χ0v) is 10.9. The minimum atomic E-state index is -1.10. The molecule has 0 radical (unpaired) electrons. The molecule has 1 saturated heterocycles. The zero-order valence-electron chi connectivity index (χ0n) is 10.9. The molecule has 0 aliphatic carbocycles. The summed E-state index contributed by atoms with van der Waals surface area (Å²) in [6.07, 6.45) is 0.945. The fourth-order valence-corrected chi connectivity index (χ4v) is 1.81. The molecule has 0 saturated carbocycles. The first-order chi connectivity index (χ1) is 8.33. The number of carbonyl (C=O) groups is 2. The number of carbonyl (C=O) groups excluding carboxylic acids is 2. The Bertz CT molecular complexity index is 492. The summed E-state index contributed by atoms with van der Waals surface area (Å²) in [7, 11) is 0. The lowest BCUT2D eigenvalue weighted by Gasteiger charge is -2.15. The van der Waals surface area contributed by atoms with Crippen LogP contribution >= 0.6 is 0 Å². The van der Waals surface area contributed by atoms with E-state index in [2.05, 4.69) is 10.2 Å². The number of nitrogens with zero attached hydrogens (tertiary/aromatic N) is 4. The van der Waals surface area contributed by atoms with Crippen molar-refractivity contribution in [3.05, 3.63) is 12.2 Å². The van der Waals surface area contributed by atoms with Gasteiger partial charge in [-0.3, -0.25) is 4.79 Å². The molecule has 98 valence electrons. The molecule has 0 N–H and O–H groups in total. The smallest absolute Gasteiger partial charge is 0.418 e. The number of ether oxygens (including phenoxy) is 1. The van der Waals surface area contributed by atoms with E-state index in [1.54, 1.807) is 20.2 Å². The predicted molar refractivity (Wildman–Crippen MR) is 61.5 cm³/mol. The summed E-state index contributed by atoms with van der Waals surface area (Å²) in [6, 6.07) is 0.164. The highest BCUT2D eigenvalue weighted by Crippen LogP contribution is 2.25. The van der Waals surface area contributed by atoms with Crippen LogP contribution in [0, 0.1) is 0 Å². The van der Waals surface area contributed by atoms with E-state index in [1.165, 1.54) is 0 Å². The van der Waals surface area contributed by atoms with E-state index in [0.717, 1.165) is 4.90 Å². The zero-order chi connectivity index (χ0) is 13.5. The van der Waals surface area contributed by atoms with E-state index < -0.39 is 11.7 Å². The maximum absolute atomic E-state index is 12.0. The average molecular weight is 252 g/mol. The topological polar surface area (TPSA) is 77.3 Å². The van der Waals surface area contributed by atoms with Gasteiger partial charge in [0, 0.05) is 6.04 Å². The number of aromatic nitrogens is 3. The minimum absolute atomic E-state index is 0.0826. The van der Waals surface area contributed by atoms with Gasteiger partial charge < -0.3 is 9.30 Å². The van der Waals surface area contributed by atoms with Crippen molar-refractivity contribution >= 4 is 12.0 Å². The van der Waals surface area contributed by atoms with Crippen molar-refractivity contribution < 1.29 is 14.3 Å². The Hall–Kier alpha value is -1.92. The monoisotopic (exact) mass is 252 g/mol. The Kier molecular flexibility index (Phi) is 2.84. The van der Waals surface area contributed by atoms with Crippen LogP contribution in [-0.4, -0.2) is 37.3 Å². The van der Waals surface area contributed by atoms with E-state index in [4.69, 9.17) is 4.74 Å². The highest BCUT2D eigenvalue weighted by Gasteiger charge is 2.47. The van der Waals surface area contributed by atoms with E-state index in [9.17, 15) is 9.59 Å². The molecule has 0 atom stereocenters. The summed E-state index contributed by atoms with van der Waals surface area (Å²) < 4.78 is 6.81. The van der Waals surface area contributed by atoms with Crippen LogP contribution in [0.25, 0.3) is 0 Å². The van der Waals surface area contributed by atoms with Crippen LogP contribution < -0.4 is 0 Å². The summed E-state index contributed by atoms with van der Waals surface area (Å²) in [5.41, 5.74) is -1.10. The third kappa shape index (κ3) is 1.96. The van der Waals surface area contributed by atoms with Crippen LogP contribution in [-0.2, 0) is 16.1 Å². The van der Waals surface area contributed by atoms with Crippen LogP contribution in [0.2, 0.25) is 0 Å². The van der Waals surface area contributed by atoms with Crippen molar-refractivity contribution in [2.75, 3.05) is 0 Å². The second-order valence-corrected chi connectivity index (χ2v) is 5.02. The van der Waals surface area contributed by atoms with E-state index >= 15 is 0 Å². The van der Waals surface area contributed by atoms with Crippen LogP contribution in [0.3, 0.4) is 0 Å². The van der Waals surface area contributed by atoms with Gasteiger partial charge in [0.2, 0.25) is 0 Å². The van der Waals surface area contributed by atoms with E-state index in [1.807, 2.05) is 18.4 Å². The highest BCUT2D eigenvalue weighted by atomic mass is 16.6. The molecule has 2 rings (SSSR count). The molecule has 1 fully saturated rings. The number of amides is 2. The Morgan fingerprint density at radius 3 is 2.56 bits per heavy atom. The van der Waals surface area contributed by atoms with Gasteiger partial charge >= 0.3 is 6.09 Å². The number of hydrogen-bond acceptors (Lipinski definition) is 5. The molecular formula is C11H16N4O3. The molecule has 1 aromatic heterocycles. The Morgan fingerprint density at radius 1 is 1.39 bits per heavy atom. The van der Waals surface area contributed by atoms with Gasteiger partial charge in [0.05, 0.1) is 6.54 Å². The fourth-order valence-electron chi connectivity index (χ4n) is 1.81. The Balaban J connectivity index is 2.22. The summed E-state index contributed by atoms with van der Waals surface area (Å²) >= 11 is 0. The van der Waals surface area contributed by atoms with Crippen LogP contribution in [0.1, 0.15) is 39.6 Å². The van der Waals surface area contributed by atoms with E-state index in [-0.39, 0.29) is 18.5 Å². The van der Waals surface area contributed by atoms with Gasteiger partial charge in [0.15, 0.2) is 11.4 Å². The van der Waals surface area contributed by atoms with Crippen molar-refractivity contribution in [1.82, 2.24) is 19.7 Å². The summed E-state index contributed by atoms with van der Waals surface area (Å²) in [6.45, 7) is 7.17. The third-order valence-corrected chi connectivity index (χ3v) is 2.83. The number of rotatable bonds is 3. The maximum Gasteiger partial charge on any atom is 0.418 e. The molecular weight excluding hydrogens is 236 g/mol. The first kappa shape index (κ1) is 12.5. The molecule has 0 unspecified atom stereocenters. The summed E-state index contributed by atoms with van der Waals surface area (Å²) in [4.78, 5) is 24.7. The van der Waals surface area contributed by atoms with Crippen molar-refractivity contribution in [2.24, 2.45) is 0 Å². The van der Waals surface area contributed by atoms with Gasteiger partial charge in [-0.25, -0.2) is 9.69 Å². The molecule has 1 aliphatic rings. The highest BCUT2D eigenvalue weighted by molar-refractivity contribution is 6.02. The van der Waals surface area contributed by atoms with Crippen LogP contribution in [0.5, 0.6) is 0 Å². The van der Waals surface area contributed by atoms with Crippen LogP contribution in [0.15, 0.2) is 6.33 Å². The van der Waals surface area contributed by atoms with E-state index in [0.29, 0.717) is 5.82 Å². The average Bonchev–Trinajstić information content (AvgIpc) is 2.78. The lowest BCUT2D eigenvalue weighted by Crippen LogP contribution is -2.36. The molecule has 1 aliphatic heterocycles. The number of hydrogen-bond donors (Lipinski definition) is 0. The van der Waals surface area contributed by atoms with Gasteiger partial charge in [0.25, 0.3) is 5.91 Å². The first-order valence-electron chi connectivity index (χ1n) is 5.76. The normalized spacial score (nSPS) is 18.6. The summed E-state index contributed by atoms with van der Waals surface area (Å²) in [5.74, 6) is 0.207. The molecule has 7 heteroatoms. The number of imide groups is 1. The fraction of sp³-hybridized carbons (Fsp3) is 0.636. The quantitative estimate of drug-likeness (QED) is 0.805. The molecule has 18 heavy (non-hydrogen) atoms. The minimum Gasteiger partial charge on any atom is -0.433 e. The van der Waals surface area contributed by atoms with Gasteiger partial charge in [-0.05, 0) is 27.7 Å². The van der Waals surface area contributed by atoms with Gasteiger partial charge in [-0.2, -0.15) is 0 Å². The number of cyclic esters (lactones) is 1. The molecule has 0 aromatic carbocycles. The Morgan fingerprint density at radius 2 is 2.06 bits per heavy atom. The largest absolute Gasteiger partial charge is 0.433 e. The molecule has 2 amide bonds. The van der Waals surface area contributed by atoms with Crippen molar-refractivity contribution in [3.63, 3.8) is 0 Å². The Labute approximate surface area is 105 Å². The maximum atomic E-state index is 12.0. The van der Waals surface area contributed by atoms with Crippen molar-refractivity contribution in [1.29, 1.82) is 0 Å². The third-order valence-electron chi connectivity index (χ3n) is 2.83. The standard InChI is InChI=1S/C11H16N4O3/c1-7(2)15-6-12-13-8(15)5-14-9(16)11(3,4)18-10(14)17/h6-7H,5H2,1-4H3. The second-order valence-electron chi connectivity index (χ2n) is 5.02. The lowest BCUT2D eigenvalue weighted by molar-refractivity contribution is -0.135. The lowest BCUT2D eigenvalue weighted by atomic mass is 10.1. The summed E-state index contributed by atoms with van der Waals surface area (Å²) in [5, 5.41) is 7.72. The van der Waals surface area contributed by atoms with Gasteiger partial charge in [0.1, 0.15) is 6.33 Å². The second kappa shape index (κ2) is 4.08. The SMILES string of the molecule is CC(C)n1cnnc1CN1C(=O)OC(C)(C)C1=O. The van der Waals surface area contributed by atoms with Crippen molar-refractivity contribution in [3.8, 4) is 0 Å². The van der Waals surface area contributed by atoms with Gasteiger partial charge in [-0.1, -0.05) is 0 Å². The molecule has 0 bridgehead atoms. The van der Waals surface area contributed by atoms with Crippen LogP contribution in [0.4, 0.5) is 4.79 Å².